The van der Waals surface area contributed by atoms with Gasteiger partial charge in [-0.3, -0.25) is 10.1 Å². The number of aliphatic hydroxyl groups is 2. The van der Waals surface area contributed by atoms with Gasteiger partial charge in [-0.15, -0.1) is 6.58 Å². The highest BCUT2D eigenvalue weighted by molar-refractivity contribution is 6.03. The lowest BCUT2D eigenvalue weighted by atomic mass is 9.55. The Morgan fingerprint density at radius 3 is 2.24 bits per heavy atom. The van der Waals surface area contributed by atoms with Gasteiger partial charge in [-0.1, -0.05) is 125 Å². The Kier molecular flexibility index (Phi) is 19.9. The molecule has 1 amide bonds. The Morgan fingerprint density at radius 2 is 1.54 bits per heavy atom. The summed E-state index contributed by atoms with van der Waals surface area (Å²) in [6.45, 7) is 6.91. The molecule has 2 aliphatic carbocycles. The summed E-state index contributed by atoms with van der Waals surface area (Å²) < 4.78 is 27.1. The average molecular weight is 974 g/mol. The molecule has 1 fully saturated rings. The Balaban J connectivity index is 1.27. The third kappa shape index (κ3) is 13.4. The third-order valence-corrected chi connectivity index (χ3v) is 14.6. The van der Waals surface area contributed by atoms with Gasteiger partial charge < -0.3 is 38.9 Å². The molecule has 3 aliphatic rings. The van der Waals surface area contributed by atoms with Crippen LogP contribution in [0, 0.1) is 27.9 Å². The summed E-state index contributed by atoms with van der Waals surface area (Å²) in [6.07, 6.45) is 19.8. The molecule has 4 aromatic carbocycles. The lowest BCUT2D eigenvalue weighted by molar-refractivity contribution is -0.384. The number of nitro benzene ring substituents is 1. The predicted molar refractivity (Wildman–Crippen MR) is 278 cm³/mol. The normalized spacial score (nSPS) is 21.7. The highest BCUT2D eigenvalue weighted by Crippen LogP contribution is 2.62. The SMILES string of the molecule is C=CCOC12Oc3ccc(Oc4ccc5ccccc5c4)cc3C3C(CCCCO)C(CCCCO)C=C(C(=NOCc4ccc([N+](=O)[O-])cc4)CC1N(C)C(=O)OCCCCCCCCCCCC)C32. The minimum absolute atomic E-state index is 0.0169. The van der Waals surface area contributed by atoms with Crippen molar-refractivity contribution in [2.45, 2.75) is 140 Å². The van der Waals surface area contributed by atoms with Crippen molar-refractivity contribution >= 4 is 28.3 Å². The maximum absolute atomic E-state index is 14.4. The van der Waals surface area contributed by atoms with E-state index in [0.717, 1.165) is 66.9 Å². The number of benzene rings is 4. The lowest BCUT2D eigenvalue weighted by Gasteiger charge is -2.59. The fourth-order valence-electron chi connectivity index (χ4n) is 11.0. The summed E-state index contributed by atoms with van der Waals surface area (Å²) in [6, 6.07) is 25.6. The second-order valence-electron chi connectivity index (χ2n) is 19.5. The van der Waals surface area contributed by atoms with Crippen LogP contribution < -0.4 is 9.47 Å². The van der Waals surface area contributed by atoms with Crippen molar-refractivity contribution in [1.82, 2.24) is 4.90 Å². The van der Waals surface area contributed by atoms with Gasteiger partial charge >= 0.3 is 6.09 Å². The van der Waals surface area contributed by atoms with Crippen molar-refractivity contribution in [2.75, 3.05) is 33.5 Å². The minimum atomic E-state index is -1.44. The fraction of sp³-hybridized carbons (Fsp3) is 0.517. The quantitative estimate of drug-likeness (QED) is 0.0232. The van der Waals surface area contributed by atoms with Crippen LogP contribution >= 0.6 is 0 Å². The van der Waals surface area contributed by atoms with Gasteiger partial charge in [0.2, 0.25) is 5.79 Å². The zero-order chi connectivity index (χ0) is 50.0. The Morgan fingerprint density at radius 1 is 0.859 bits per heavy atom. The number of hydrogen-bond donors (Lipinski definition) is 2. The van der Waals surface area contributed by atoms with Crippen LogP contribution in [0.2, 0.25) is 0 Å². The van der Waals surface area contributed by atoms with Crippen molar-refractivity contribution < 1.29 is 43.7 Å². The smallest absolute Gasteiger partial charge is 0.409 e. The van der Waals surface area contributed by atoms with E-state index in [4.69, 9.17) is 28.9 Å². The van der Waals surface area contributed by atoms with Crippen LogP contribution in [-0.4, -0.2) is 77.1 Å². The molecular weight excluding hydrogens is 899 g/mol. The van der Waals surface area contributed by atoms with Gasteiger partial charge in [0.25, 0.3) is 5.69 Å². The number of aliphatic hydroxyl groups excluding tert-OH is 2. The van der Waals surface area contributed by atoms with Crippen LogP contribution in [0.25, 0.3) is 10.8 Å². The number of unbranched alkanes of at least 4 members (excludes halogenated alkanes) is 11. The summed E-state index contributed by atoms with van der Waals surface area (Å²) in [5.74, 6) is -0.188. The van der Waals surface area contributed by atoms with Gasteiger partial charge in [0, 0.05) is 50.3 Å². The minimum Gasteiger partial charge on any atom is -0.459 e. The van der Waals surface area contributed by atoms with Crippen LogP contribution in [0.1, 0.15) is 133 Å². The molecule has 0 spiro atoms. The van der Waals surface area contributed by atoms with E-state index in [1.165, 1.54) is 57.1 Å². The van der Waals surface area contributed by atoms with E-state index in [9.17, 15) is 25.1 Å². The van der Waals surface area contributed by atoms with Crippen molar-refractivity contribution in [2.24, 2.45) is 22.9 Å². The molecule has 6 unspecified atom stereocenters. The molecular formula is C58H75N3O10. The van der Waals surface area contributed by atoms with E-state index in [1.54, 1.807) is 30.2 Å². The summed E-state index contributed by atoms with van der Waals surface area (Å²) >= 11 is 0. The van der Waals surface area contributed by atoms with Crippen LogP contribution in [0.4, 0.5) is 10.5 Å². The fourth-order valence-corrected chi connectivity index (χ4v) is 11.0. The third-order valence-electron chi connectivity index (χ3n) is 14.6. The van der Waals surface area contributed by atoms with Crippen LogP contribution in [-0.2, 0) is 20.9 Å². The number of non-ortho nitro benzene ring substituents is 1. The molecule has 1 saturated carbocycles. The lowest BCUT2D eigenvalue weighted by Crippen LogP contribution is -2.69. The molecule has 0 aromatic heterocycles. The van der Waals surface area contributed by atoms with Gasteiger partial charge in [0.1, 0.15) is 29.9 Å². The molecule has 1 aliphatic heterocycles. The molecule has 4 aromatic rings. The number of likely N-dealkylation sites (N-methyl/N-ethyl adjacent to an activating group) is 1. The van der Waals surface area contributed by atoms with E-state index in [0.29, 0.717) is 41.4 Å². The van der Waals surface area contributed by atoms with Crippen LogP contribution in [0.3, 0.4) is 0 Å². The number of oxime groups is 1. The van der Waals surface area contributed by atoms with E-state index in [2.05, 4.69) is 43.8 Å². The predicted octanol–water partition coefficient (Wildman–Crippen LogP) is 13.4. The second kappa shape index (κ2) is 26.6. The topological polar surface area (TPSA) is 162 Å². The van der Waals surface area contributed by atoms with E-state index in [1.807, 2.05) is 36.4 Å². The number of amides is 1. The molecule has 7 rings (SSSR count). The van der Waals surface area contributed by atoms with Crippen molar-refractivity contribution in [1.29, 1.82) is 0 Å². The average Bonchev–Trinajstić information content (AvgIpc) is 3.38. The molecule has 13 nitrogen and oxygen atoms in total. The van der Waals surface area contributed by atoms with Crippen molar-refractivity contribution in [3.05, 3.63) is 130 Å². The van der Waals surface area contributed by atoms with E-state index >= 15 is 0 Å². The van der Waals surface area contributed by atoms with Gasteiger partial charge in [0.05, 0.1) is 29.8 Å². The van der Waals surface area contributed by atoms with Gasteiger partial charge in [-0.25, -0.2) is 4.79 Å². The number of fused-ring (bicyclic) bond motifs is 3. The first-order valence-corrected chi connectivity index (χ1v) is 26.2. The summed E-state index contributed by atoms with van der Waals surface area (Å²) in [7, 11) is 1.74. The van der Waals surface area contributed by atoms with Crippen molar-refractivity contribution in [3.63, 3.8) is 0 Å². The monoisotopic (exact) mass is 974 g/mol. The van der Waals surface area contributed by atoms with Crippen LogP contribution in [0.15, 0.2) is 114 Å². The Labute approximate surface area is 420 Å². The standard InChI is InChI=1S/C58H75N3O10/c1-4-6-7-8-9-10-11-12-13-20-36-67-57(64)60(3)54-40-52(59-69-41-42-25-28-46(29-26-42)61(65)66)50-38-45(23-16-18-33-62)49(24-17-19-34-63)55-51-39-48(70-47-30-27-43-21-14-15-22-44(43)37-47)31-32-53(51)71-58(54,56(50)55)68-35-5-2/h5,14-15,21-22,25-32,37-39,45,49,54-56,62-63H,2,4,6-13,16-20,23-24,33-36,40-41H2,1,3H3. The molecule has 1 heterocycles. The van der Waals surface area contributed by atoms with Gasteiger partial charge in [-0.2, -0.15) is 0 Å². The Hall–Kier alpha value is -5.76. The maximum Gasteiger partial charge on any atom is 0.409 e. The van der Waals surface area contributed by atoms with Crippen molar-refractivity contribution in [3.8, 4) is 17.2 Å². The summed E-state index contributed by atoms with van der Waals surface area (Å²) in [5.41, 5.74) is 3.16. The molecule has 71 heavy (non-hydrogen) atoms. The number of allylic oxidation sites excluding steroid dienone is 1. The first kappa shape index (κ1) is 53.0. The highest BCUT2D eigenvalue weighted by Gasteiger charge is 2.65. The number of hydrogen-bond acceptors (Lipinski definition) is 11. The van der Waals surface area contributed by atoms with Gasteiger partial charge in [-0.05, 0) is 108 Å². The summed E-state index contributed by atoms with van der Waals surface area (Å²) in [4.78, 5) is 33.1. The first-order valence-electron chi connectivity index (χ1n) is 26.2. The van der Waals surface area contributed by atoms with Gasteiger partial charge in [0.15, 0.2) is 0 Å². The van der Waals surface area contributed by atoms with Crippen LogP contribution in [0.5, 0.6) is 17.2 Å². The highest BCUT2D eigenvalue weighted by atomic mass is 16.7. The maximum atomic E-state index is 14.4. The zero-order valence-corrected chi connectivity index (χ0v) is 41.9. The number of ether oxygens (including phenoxy) is 4. The molecule has 0 radical (unpaired) electrons. The molecule has 382 valence electrons. The Bertz CT molecular complexity index is 2420. The number of nitro groups is 1. The number of rotatable bonds is 29. The van der Waals surface area contributed by atoms with E-state index < -0.39 is 28.8 Å². The zero-order valence-electron chi connectivity index (χ0n) is 41.9. The second-order valence-corrected chi connectivity index (χ2v) is 19.5. The van der Waals surface area contributed by atoms with E-state index in [-0.39, 0.29) is 62.9 Å². The number of nitrogens with zero attached hydrogens (tertiary/aromatic N) is 3. The summed E-state index contributed by atoms with van der Waals surface area (Å²) in [5, 5.41) is 38.5. The molecule has 13 heteroatoms. The number of carbonyl (C=O) groups is 1. The molecule has 2 N–H and O–H groups in total. The largest absolute Gasteiger partial charge is 0.459 e. The number of carbonyl (C=O) groups excluding carboxylic acids is 1. The first-order chi connectivity index (χ1) is 34.7. The molecule has 6 atom stereocenters. The molecule has 0 bridgehead atoms. The molecule has 0 saturated heterocycles.